The van der Waals surface area contributed by atoms with E-state index in [1.165, 1.54) is 128 Å². The van der Waals surface area contributed by atoms with E-state index >= 15 is 0 Å². The Kier molecular flexibility index (Phi) is 42.1. The van der Waals surface area contributed by atoms with E-state index in [0.717, 1.165) is 25.7 Å². The van der Waals surface area contributed by atoms with Gasteiger partial charge in [-0.25, -0.2) is 0 Å². The van der Waals surface area contributed by atoms with Gasteiger partial charge in [0.2, 0.25) is 0 Å². The summed E-state index contributed by atoms with van der Waals surface area (Å²) in [5, 5.41) is 16.9. The van der Waals surface area contributed by atoms with Crippen LogP contribution in [0.2, 0.25) is 0 Å². The molecule has 5 heteroatoms. The summed E-state index contributed by atoms with van der Waals surface area (Å²) in [5.41, 5.74) is 0. The van der Waals surface area contributed by atoms with E-state index in [2.05, 4.69) is 13.8 Å². The Labute approximate surface area is 261 Å². The van der Waals surface area contributed by atoms with Gasteiger partial charge in [-0.2, -0.15) is 0 Å². The fraction of sp³-hybridized carbons (Fsp3) is 0.933. The van der Waals surface area contributed by atoms with Gasteiger partial charge in [0, 0.05) is 12.8 Å². The zero-order valence-electron chi connectivity index (χ0n) is 23.1. The van der Waals surface area contributed by atoms with E-state index in [1.807, 2.05) is 0 Å². The molecule has 0 heterocycles. The molecule has 2 N–H and O–H groups in total. The van der Waals surface area contributed by atoms with Crippen LogP contribution in [-0.2, 0) is 9.59 Å². The number of unbranched alkanes of at least 4 members (excludes halogenated alkanes) is 22. The number of carboxylic acids is 2. The molecular weight excluding hydrogens is 463 g/mol. The summed E-state index contributed by atoms with van der Waals surface area (Å²) < 4.78 is 0. The van der Waals surface area contributed by atoms with Crippen molar-refractivity contribution in [1.29, 1.82) is 0 Å². The molecule has 0 spiro atoms. The van der Waals surface area contributed by atoms with Gasteiger partial charge in [0.15, 0.2) is 0 Å². The summed E-state index contributed by atoms with van der Waals surface area (Å²) in [6, 6.07) is 0. The molecule has 0 unspecified atom stereocenters. The molecule has 0 atom stereocenters. The van der Waals surface area contributed by atoms with Crippen LogP contribution in [0.1, 0.15) is 181 Å². The molecule has 0 bridgehead atoms. The average molecular weight is 525 g/mol. The molecule has 0 saturated carbocycles. The van der Waals surface area contributed by atoms with Gasteiger partial charge in [-0.05, 0) is 12.8 Å². The molecule has 0 amide bonds. The topological polar surface area (TPSA) is 74.6 Å². The molecule has 0 aliphatic heterocycles. The van der Waals surface area contributed by atoms with Gasteiger partial charge >= 0.3 is 63.3 Å². The molecule has 0 radical (unpaired) electrons. The van der Waals surface area contributed by atoms with E-state index in [9.17, 15) is 9.59 Å². The molecule has 0 aromatic rings. The fourth-order valence-corrected chi connectivity index (χ4v) is 4.23. The van der Waals surface area contributed by atoms with Crippen LogP contribution in [0.4, 0.5) is 0 Å². The molecule has 206 valence electrons. The summed E-state index contributed by atoms with van der Waals surface area (Å²) in [7, 11) is 0. The average Bonchev–Trinajstić information content (AvgIpc) is 2.80. The van der Waals surface area contributed by atoms with Crippen LogP contribution in [0.15, 0.2) is 0 Å². The Morgan fingerprint density at radius 3 is 0.714 bits per heavy atom. The van der Waals surface area contributed by atoms with Crippen molar-refractivity contribution in [2.24, 2.45) is 0 Å². The van der Waals surface area contributed by atoms with Crippen LogP contribution in [0.25, 0.3) is 0 Å². The second-order valence-corrected chi connectivity index (χ2v) is 10.1. The first-order valence-corrected chi connectivity index (χ1v) is 15.0. The van der Waals surface area contributed by atoms with Crippen molar-refractivity contribution in [1.82, 2.24) is 0 Å². The van der Waals surface area contributed by atoms with Crippen LogP contribution in [-0.4, -0.2) is 73.5 Å². The third-order valence-corrected chi connectivity index (χ3v) is 6.49. The monoisotopic (exact) mass is 524 g/mol. The minimum absolute atomic E-state index is 0. The first kappa shape index (κ1) is 40.1. The molecule has 35 heavy (non-hydrogen) atoms. The van der Waals surface area contributed by atoms with Gasteiger partial charge in [0.05, 0.1) is 0 Å². The Morgan fingerprint density at radius 2 is 0.543 bits per heavy atom. The number of carbonyl (C=O) groups is 2. The second kappa shape index (κ2) is 36.7. The zero-order valence-corrected chi connectivity index (χ0v) is 23.1. The third kappa shape index (κ3) is 44.9. The molecular formula is C30H61KO4. The summed E-state index contributed by atoms with van der Waals surface area (Å²) in [4.78, 5) is 20.5. The van der Waals surface area contributed by atoms with Crippen molar-refractivity contribution >= 4 is 63.3 Å². The number of carboxylic acid groups (broad SMARTS) is 2. The van der Waals surface area contributed by atoms with Crippen LogP contribution < -0.4 is 0 Å². The van der Waals surface area contributed by atoms with E-state index < -0.39 is 11.9 Å². The van der Waals surface area contributed by atoms with Crippen LogP contribution >= 0.6 is 0 Å². The van der Waals surface area contributed by atoms with Crippen molar-refractivity contribution in [2.75, 3.05) is 0 Å². The number of aliphatic carboxylic acids is 2. The Hall–Kier alpha value is 0.576. The molecule has 0 rings (SSSR count). The Bertz CT molecular complexity index is 415. The molecule has 0 aromatic carbocycles. The molecule has 0 aliphatic carbocycles. The van der Waals surface area contributed by atoms with E-state index in [-0.39, 0.29) is 51.4 Å². The molecule has 0 saturated heterocycles. The van der Waals surface area contributed by atoms with Crippen LogP contribution in [0.3, 0.4) is 0 Å². The number of hydrogen-bond acceptors (Lipinski definition) is 2. The standard InChI is InChI=1S/C18H36O2.C12H24O2.K.H/c1-2-3-4-5-6-7-8-9-10-11-12-13-14-15-16-17-18(19)20;1-2-3-4-5-6-7-8-9-10-11-12(13)14;;/h2-17H2,1H3,(H,19,20);2-11H2,1H3,(H,13,14);;. The number of hydrogen-bond donors (Lipinski definition) is 2. The van der Waals surface area contributed by atoms with Crippen LogP contribution in [0.5, 0.6) is 0 Å². The maximum absolute atomic E-state index is 10.3. The second-order valence-electron chi connectivity index (χ2n) is 10.1. The van der Waals surface area contributed by atoms with Crippen molar-refractivity contribution in [3.63, 3.8) is 0 Å². The summed E-state index contributed by atoms with van der Waals surface area (Å²) >= 11 is 0. The van der Waals surface area contributed by atoms with Crippen molar-refractivity contribution in [2.45, 2.75) is 181 Å². The Morgan fingerprint density at radius 1 is 0.371 bits per heavy atom. The van der Waals surface area contributed by atoms with Crippen LogP contribution in [0, 0.1) is 0 Å². The van der Waals surface area contributed by atoms with E-state index in [0.29, 0.717) is 12.8 Å². The van der Waals surface area contributed by atoms with Crippen molar-refractivity contribution in [3.05, 3.63) is 0 Å². The quantitative estimate of drug-likeness (QED) is 0.0872. The van der Waals surface area contributed by atoms with Crippen molar-refractivity contribution < 1.29 is 19.8 Å². The van der Waals surface area contributed by atoms with Gasteiger partial charge in [-0.3, -0.25) is 9.59 Å². The van der Waals surface area contributed by atoms with E-state index in [4.69, 9.17) is 10.2 Å². The van der Waals surface area contributed by atoms with Gasteiger partial charge in [-0.15, -0.1) is 0 Å². The predicted octanol–water partition coefficient (Wildman–Crippen LogP) is 9.68. The van der Waals surface area contributed by atoms with Gasteiger partial charge in [-0.1, -0.05) is 155 Å². The SMILES string of the molecule is CCCCCCCCCCCC(=O)O.CCCCCCCCCCCCCCCCCC(=O)O.[KH]. The fourth-order valence-electron chi connectivity index (χ4n) is 4.23. The summed E-state index contributed by atoms with van der Waals surface area (Å²) in [6.07, 6.45) is 31.7. The predicted molar refractivity (Wildman–Crippen MR) is 154 cm³/mol. The number of rotatable bonds is 26. The molecule has 0 aliphatic rings. The van der Waals surface area contributed by atoms with Gasteiger partial charge in [0.1, 0.15) is 0 Å². The minimum atomic E-state index is -0.659. The zero-order chi connectivity index (χ0) is 25.5. The first-order valence-electron chi connectivity index (χ1n) is 15.0. The normalized spacial score (nSPS) is 10.3. The first-order chi connectivity index (χ1) is 16.5. The molecule has 0 aromatic heterocycles. The maximum atomic E-state index is 10.3. The van der Waals surface area contributed by atoms with Gasteiger partial charge in [0.25, 0.3) is 0 Å². The van der Waals surface area contributed by atoms with Gasteiger partial charge < -0.3 is 10.2 Å². The summed E-state index contributed by atoms with van der Waals surface area (Å²) in [6.45, 7) is 4.50. The molecule has 0 fully saturated rings. The van der Waals surface area contributed by atoms with E-state index in [1.54, 1.807) is 0 Å². The summed E-state index contributed by atoms with van der Waals surface area (Å²) in [5.74, 6) is -1.31. The molecule has 4 nitrogen and oxygen atoms in total. The third-order valence-electron chi connectivity index (χ3n) is 6.49. The van der Waals surface area contributed by atoms with Crippen molar-refractivity contribution in [3.8, 4) is 0 Å². The Balaban J connectivity index is -0.000000603.